The summed E-state index contributed by atoms with van der Waals surface area (Å²) in [6, 6.07) is 0. The van der Waals surface area contributed by atoms with Gasteiger partial charge in [-0.05, 0) is 26.3 Å². The molecule has 2 atom stereocenters. The van der Waals surface area contributed by atoms with Crippen LogP contribution >= 0.6 is 0 Å². The first kappa shape index (κ1) is 19.6. The molecule has 0 saturated heterocycles. The van der Waals surface area contributed by atoms with Crippen molar-refractivity contribution < 1.29 is 28.8 Å². The minimum Gasteiger partial charge on any atom is -0.476 e. The fraction of sp³-hybridized carbons (Fsp3) is 0.667. The highest BCUT2D eigenvalue weighted by Gasteiger charge is 2.28. The van der Waals surface area contributed by atoms with Crippen molar-refractivity contribution in [3.05, 3.63) is 25.5 Å². The topological polar surface area (TPSA) is 74.2 Å². The van der Waals surface area contributed by atoms with Gasteiger partial charge in [0.2, 0.25) is 0 Å². The number of aliphatic hydroxyl groups is 1. The quantitative estimate of drug-likeness (QED) is 0.195. The van der Waals surface area contributed by atoms with Crippen molar-refractivity contribution in [2.24, 2.45) is 5.41 Å². The van der Waals surface area contributed by atoms with Crippen LogP contribution in [0.3, 0.4) is 0 Å². The van der Waals surface area contributed by atoms with Crippen molar-refractivity contribution in [3.63, 3.8) is 0 Å². The highest BCUT2D eigenvalue weighted by atomic mass is 16.7. The summed E-state index contributed by atoms with van der Waals surface area (Å²) in [5.74, 6) is -0.312. The van der Waals surface area contributed by atoms with Gasteiger partial charge in [0.1, 0.15) is 12.7 Å². The van der Waals surface area contributed by atoms with E-state index in [1.54, 1.807) is 0 Å². The molecule has 21 heavy (non-hydrogen) atoms. The van der Waals surface area contributed by atoms with Crippen LogP contribution in [0.4, 0.5) is 0 Å². The Bertz CT molecular complexity index is 326. The lowest BCUT2D eigenvalue weighted by Gasteiger charge is -2.23. The Morgan fingerprint density at radius 1 is 1.29 bits per heavy atom. The van der Waals surface area contributed by atoms with Crippen LogP contribution in [0.15, 0.2) is 25.5 Å². The summed E-state index contributed by atoms with van der Waals surface area (Å²) < 4.78 is 20.5. The first-order chi connectivity index (χ1) is 9.87. The molecule has 0 bridgehead atoms. The van der Waals surface area contributed by atoms with Crippen molar-refractivity contribution in [1.82, 2.24) is 0 Å². The SMILES string of the molecule is C=COCOC(COC(=O)C(C)(C)CC)COC(O)C=C. The monoisotopic (exact) mass is 302 g/mol. The van der Waals surface area contributed by atoms with Gasteiger partial charge < -0.3 is 24.1 Å². The van der Waals surface area contributed by atoms with Gasteiger partial charge in [-0.25, -0.2) is 0 Å². The lowest BCUT2D eigenvalue weighted by molar-refractivity contribution is -0.170. The van der Waals surface area contributed by atoms with E-state index in [4.69, 9.17) is 18.9 Å². The molecule has 0 aliphatic heterocycles. The third-order valence-corrected chi connectivity index (χ3v) is 2.98. The molecule has 122 valence electrons. The average Bonchev–Trinajstić information content (AvgIpc) is 2.48. The summed E-state index contributed by atoms with van der Waals surface area (Å²) >= 11 is 0. The highest BCUT2D eigenvalue weighted by molar-refractivity contribution is 5.75. The normalized spacial score (nSPS) is 14.1. The summed E-state index contributed by atoms with van der Waals surface area (Å²) in [6.45, 7) is 12.3. The van der Waals surface area contributed by atoms with E-state index < -0.39 is 17.8 Å². The Kier molecular flexibility index (Phi) is 9.69. The number of aliphatic hydroxyl groups excluding tert-OH is 1. The van der Waals surface area contributed by atoms with E-state index in [1.165, 1.54) is 12.3 Å². The van der Waals surface area contributed by atoms with Gasteiger partial charge in [0.05, 0.1) is 18.3 Å². The fourth-order valence-electron chi connectivity index (χ4n) is 1.11. The Hall–Kier alpha value is -1.37. The Morgan fingerprint density at radius 3 is 2.48 bits per heavy atom. The maximum atomic E-state index is 11.9. The van der Waals surface area contributed by atoms with Gasteiger partial charge in [0.15, 0.2) is 13.1 Å². The summed E-state index contributed by atoms with van der Waals surface area (Å²) in [7, 11) is 0. The number of ether oxygens (including phenoxy) is 4. The molecule has 0 aromatic carbocycles. The van der Waals surface area contributed by atoms with Crippen LogP contribution in [0.2, 0.25) is 0 Å². The maximum absolute atomic E-state index is 11.9. The second-order valence-electron chi connectivity index (χ2n) is 5.04. The minimum absolute atomic E-state index is 0.00658. The molecular formula is C15H26O6. The van der Waals surface area contributed by atoms with Gasteiger partial charge in [-0.1, -0.05) is 20.1 Å². The second-order valence-corrected chi connectivity index (χ2v) is 5.04. The van der Waals surface area contributed by atoms with Crippen LogP contribution in [0, 0.1) is 5.41 Å². The van der Waals surface area contributed by atoms with Crippen LogP contribution in [0.5, 0.6) is 0 Å². The number of carbonyl (C=O) groups is 1. The molecule has 0 aliphatic rings. The smallest absolute Gasteiger partial charge is 0.311 e. The molecule has 0 rings (SSSR count). The zero-order valence-corrected chi connectivity index (χ0v) is 13.0. The first-order valence-electron chi connectivity index (χ1n) is 6.81. The molecule has 0 aromatic rings. The zero-order chi connectivity index (χ0) is 16.3. The van der Waals surface area contributed by atoms with Gasteiger partial charge >= 0.3 is 5.97 Å². The van der Waals surface area contributed by atoms with Crippen molar-refractivity contribution in [2.75, 3.05) is 20.0 Å². The number of hydrogen-bond donors (Lipinski definition) is 1. The van der Waals surface area contributed by atoms with E-state index >= 15 is 0 Å². The largest absolute Gasteiger partial charge is 0.476 e. The Morgan fingerprint density at radius 2 is 1.95 bits per heavy atom. The lowest BCUT2D eigenvalue weighted by atomic mass is 9.91. The second kappa shape index (κ2) is 10.4. The van der Waals surface area contributed by atoms with E-state index in [1.807, 2.05) is 20.8 Å². The van der Waals surface area contributed by atoms with Gasteiger partial charge in [0.25, 0.3) is 0 Å². The Balaban J connectivity index is 4.34. The van der Waals surface area contributed by atoms with Crippen LogP contribution in [0.1, 0.15) is 27.2 Å². The maximum Gasteiger partial charge on any atom is 0.311 e. The van der Waals surface area contributed by atoms with Crippen molar-refractivity contribution in [2.45, 2.75) is 39.6 Å². The molecule has 0 amide bonds. The molecule has 0 spiro atoms. The van der Waals surface area contributed by atoms with Crippen LogP contribution in [-0.2, 0) is 23.7 Å². The summed E-state index contributed by atoms with van der Waals surface area (Å²) in [4.78, 5) is 11.9. The molecule has 6 nitrogen and oxygen atoms in total. The fourth-order valence-corrected chi connectivity index (χ4v) is 1.11. The highest BCUT2D eigenvalue weighted by Crippen LogP contribution is 2.21. The van der Waals surface area contributed by atoms with Crippen molar-refractivity contribution in [3.8, 4) is 0 Å². The molecule has 0 aliphatic carbocycles. The van der Waals surface area contributed by atoms with Crippen LogP contribution in [0.25, 0.3) is 0 Å². The van der Waals surface area contributed by atoms with E-state index in [0.29, 0.717) is 6.42 Å². The molecule has 0 radical (unpaired) electrons. The summed E-state index contributed by atoms with van der Waals surface area (Å²) in [5, 5.41) is 9.27. The predicted molar refractivity (Wildman–Crippen MR) is 78.2 cm³/mol. The molecule has 1 N–H and O–H groups in total. The van der Waals surface area contributed by atoms with Gasteiger partial charge in [0, 0.05) is 0 Å². The van der Waals surface area contributed by atoms with Gasteiger partial charge in [-0.2, -0.15) is 0 Å². The minimum atomic E-state index is -1.10. The molecule has 0 saturated carbocycles. The molecule has 0 fully saturated rings. The first-order valence-corrected chi connectivity index (χ1v) is 6.81. The third kappa shape index (κ3) is 8.49. The van der Waals surface area contributed by atoms with Crippen molar-refractivity contribution in [1.29, 1.82) is 0 Å². The summed E-state index contributed by atoms with van der Waals surface area (Å²) in [5.41, 5.74) is -0.552. The molecule has 2 unspecified atom stereocenters. The molecular weight excluding hydrogens is 276 g/mol. The molecule has 0 heterocycles. The van der Waals surface area contributed by atoms with Crippen molar-refractivity contribution >= 4 is 5.97 Å². The average molecular weight is 302 g/mol. The zero-order valence-electron chi connectivity index (χ0n) is 13.0. The van der Waals surface area contributed by atoms with Gasteiger partial charge in [-0.15, -0.1) is 0 Å². The standard InChI is InChI=1S/C15H26O6/c1-6-13(16)19-9-12(21-11-18-8-3)10-20-14(17)15(4,5)7-2/h6,8,12-13,16H,1,3,7,9-11H2,2,4-5H3. The van der Waals surface area contributed by atoms with E-state index in [0.717, 1.165) is 0 Å². The molecule has 0 aromatic heterocycles. The number of rotatable bonds is 12. The van der Waals surface area contributed by atoms with Gasteiger partial charge in [-0.3, -0.25) is 4.79 Å². The lowest BCUT2D eigenvalue weighted by Crippen LogP contribution is -2.33. The van der Waals surface area contributed by atoms with Crippen LogP contribution < -0.4 is 0 Å². The van der Waals surface area contributed by atoms with Crippen LogP contribution in [-0.4, -0.2) is 43.5 Å². The third-order valence-electron chi connectivity index (χ3n) is 2.98. The number of carbonyl (C=O) groups excluding carboxylic acids is 1. The number of hydrogen-bond acceptors (Lipinski definition) is 6. The Labute approximate surface area is 126 Å². The van der Waals surface area contributed by atoms with E-state index in [9.17, 15) is 9.90 Å². The van der Waals surface area contributed by atoms with E-state index in [-0.39, 0.29) is 26.0 Å². The predicted octanol–water partition coefficient (Wildman–Crippen LogP) is 1.99. The number of esters is 1. The van der Waals surface area contributed by atoms with E-state index in [2.05, 4.69) is 13.2 Å². The summed E-state index contributed by atoms with van der Waals surface area (Å²) in [6.07, 6.45) is 1.49. The molecule has 6 heteroatoms.